The molecule has 0 heterocycles. The SMILES string of the molecule is CCCCCCCC(C)CCCCC(=O)O. The van der Waals surface area contributed by atoms with Crippen LogP contribution in [0.1, 0.15) is 78.1 Å². The first-order valence-electron chi connectivity index (χ1n) is 6.88. The van der Waals surface area contributed by atoms with Crippen LogP contribution in [-0.4, -0.2) is 11.1 Å². The molecule has 0 aliphatic carbocycles. The predicted molar refractivity (Wildman–Crippen MR) is 68.6 cm³/mol. The van der Waals surface area contributed by atoms with E-state index in [9.17, 15) is 4.79 Å². The third-order valence-corrected chi connectivity index (χ3v) is 3.14. The van der Waals surface area contributed by atoms with Crippen LogP contribution >= 0.6 is 0 Å². The first kappa shape index (κ1) is 15.5. The van der Waals surface area contributed by atoms with E-state index in [0.717, 1.165) is 18.8 Å². The smallest absolute Gasteiger partial charge is 0.303 e. The van der Waals surface area contributed by atoms with Crippen LogP contribution in [0.2, 0.25) is 0 Å². The molecule has 0 aromatic rings. The van der Waals surface area contributed by atoms with Crippen molar-refractivity contribution in [2.75, 3.05) is 0 Å². The van der Waals surface area contributed by atoms with Crippen molar-refractivity contribution in [2.45, 2.75) is 78.1 Å². The zero-order chi connectivity index (χ0) is 12.2. The zero-order valence-corrected chi connectivity index (χ0v) is 11.0. The number of hydrogen-bond donors (Lipinski definition) is 1. The molecular weight excluding hydrogens is 200 g/mol. The summed E-state index contributed by atoms with van der Waals surface area (Å²) in [7, 11) is 0. The molecule has 0 spiro atoms. The third-order valence-electron chi connectivity index (χ3n) is 3.14. The Labute approximate surface area is 100 Å². The van der Waals surface area contributed by atoms with Gasteiger partial charge in [0.2, 0.25) is 0 Å². The average Bonchev–Trinajstić information content (AvgIpc) is 2.24. The maximum absolute atomic E-state index is 10.3. The molecule has 16 heavy (non-hydrogen) atoms. The Hall–Kier alpha value is -0.530. The Kier molecular flexibility index (Phi) is 10.6. The van der Waals surface area contributed by atoms with Crippen LogP contribution in [0.25, 0.3) is 0 Å². The molecule has 1 atom stereocenters. The lowest BCUT2D eigenvalue weighted by atomic mass is 9.96. The largest absolute Gasteiger partial charge is 0.481 e. The van der Waals surface area contributed by atoms with Crippen LogP contribution in [0.4, 0.5) is 0 Å². The number of carbonyl (C=O) groups is 1. The van der Waals surface area contributed by atoms with E-state index in [2.05, 4.69) is 13.8 Å². The van der Waals surface area contributed by atoms with Gasteiger partial charge in [0.15, 0.2) is 0 Å². The van der Waals surface area contributed by atoms with Crippen molar-refractivity contribution in [1.29, 1.82) is 0 Å². The van der Waals surface area contributed by atoms with Gasteiger partial charge >= 0.3 is 5.97 Å². The van der Waals surface area contributed by atoms with Gasteiger partial charge in [-0.1, -0.05) is 65.2 Å². The Bertz CT molecular complexity index is 166. The van der Waals surface area contributed by atoms with Crippen molar-refractivity contribution in [3.63, 3.8) is 0 Å². The summed E-state index contributed by atoms with van der Waals surface area (Å²) in [6, 6.07) is 0. The molecule has 0 aromatic carbocycles. The average molecular weight is 228 g/mol. The molecule has 0 bridgehead atoms. The van der Waals surface area contributed by atoms with E-state index >= 15 is 0 Å². The standard InChI is InChI=1S/C14H28O2/c1-3-4-5-6-7-10-13(2)11-8-9-12-14(15)16/h13H,3-12H2,1-2H3,(H,15,16). The van der Waals surface area contributed by atoms with Crippen LogP contribution in [0.15, 0.2) is 0 Å². The first-order chi connectivity index (χ1) is 7.66. The fourth-order valence-corrected chi connectivity index (χ4v) is 2.01. The van der Waals surface area contributed by atoms with E-state index < -0.39 is 5.97 Å². The summed E-state index contributed by atoms with van der Waals surface area (Å²) in [5, 5.41) is 8.50. The number of rotatable bonds is 11. The summed E-state index contributed by atoms with van der Waals surface area (Å²) < 4.78 is 0. The monoisotopic (exact) mass is 228 g/mol. The molecule has 0 saturated carbocycles. The fraction of sp³-hybridized carbons (Fsp3) is 0.929. The fourth-order valence-electron chi connectivity index (χ4n) is 2.01. The normalized spacial score (nSPS) is 12.6. The number of carboxylic acid groups (broad SMARTS) is 1. The van der Waals surface area contributed by atoms with Crippen molar-refractivity contribution >= 4 is 5.97 Å². The maximum atomic E-state index is 10.3. The molecule has 0 fully saturated rings. The summed E-state index contributed by atoms with van der Waals surface area (Å²) in [6.07, 6.45) is 11.5. The summed E-state index contributed by atoms with van der Waals surface area (Å²) in [5.74, 6) is 0.114. The number of hydrogen-bond acceptors (Lipinski definition) is 1. The van der Waals surface area contributed by atoms with Gasteiger partial charge in [-0.3, -0.25) is 4.79 Å². The predicted octanol–water partition coefficient (Wildman–Crippen LogP) is 4.63. The second kappa shape index (κ2) is 11.0. The molecule has 0 radical (unpaired) electrons. The van der Waals surface area contributed by atoms with Gasteiger partial charge in [-0.15, -0.1) is 0 Å². The lowest BCUT2D eigenvalue weighted by Crippen LogP contribution is -1.98. The molecule has 0 aromatic heterocycles. The molecule has 2 heteroatoms. The Balaban J connectivity index is 3.18. The molecule has 0 saturated heterocycles. The minimum Gasteiger partial charge on any atom is -0.481 e. The van der Waals surface area contributed by atoms with Gasteiger partial charge in [0.25, 0.3) is 0 Å². The Morgan fingerprint density at radius 1 is 1.00 bits per heavy atom. The van der Waals surface area contributed by atoms with Gasteiger partial charge in [0.1, 0.15) is 0 Å². The molecule has 0 aliphatic rings. The van der Waals surface area contributed by atoms with E-state index in [1.165, 1.54) is 44.9 Å². The highest BCUT2D eigenvalue weighted by molar-refractivity contribution is 5.66. The van der Waals surface area contributed by atoms with Gasteiger partial charge in [-0.25, -0.2) is 0 Å². The van der Waals surface area contributed by atoms with Gasteiger partial charge in [-0.2, -0.15) is 0 Å². The summed E-state index contributed by atoms with van der Waals surface area (Å²) in [4.78, 5) is 10.3. The van der Waals surface area contributed by atoms with E-state index in [4.69, 9.17) is 5.11 Å². The molecule has 1 unspecified atom stereocenters. The van der Waals surface area contributed by atoms with Crippen LogP contribution in [0.3, 0.4) is 0 Å². The van der Waals surface area contributed by atoms with Crippen molar-refractivity contribution in [3.8, 4) is 0 Å². The van der Waals surface area contributed by atoms with Gasteiger partial charge < -0.3 is 5.11 Å². The minimum atomic E-state index is -0.660. The molecular formula is C14H28O2. The molecule has 0 aliphatic heterocycles. The van der Waals surface area contributed by atoms with E-state index in [-0.39, 0.29) is 0 Å². The third kappa shape index (κ3) is 11.5. The van der Waals surface area contributed by atoms with Gasteiger partial charge in [0, 0.05) is 6.42 Å². The summed E-state index contributed by atoms with van der Waals surface area (Å²) in [5.41, 5.74) is 0. The molecule has 1 N–H and O–H groups in total. The van der Waals surface area contributed by atoms with Gasteiger partial charge in [0.05, 0.1) is 0 Å². The summed E-state index contributed by atoms with van der Waals surface area (Å²) >= 11 is 0. The van der Waals surface area contributed by atoms with Crippen molar-refractivity contribution in [3.05, 3.63) is 0 Å². The van der Waals surface area contributed by atoms with Crippen LogP contribution < -0.4 is 0 Å². The van der Waals surface area contributed by atoms with E-state index in [0.29, 0.717) is 6.42 Å². The highest BCUT2D eigenvalue weighted by Gasteiger charge is 2.03. The molecule has 2 nitrogen and oxygen atoms in total. The second-order valence-electron chi connectivity index (χ2n) is 4.95. The number of aliphatic carboxylic acids is 1. The van der Waals surface area contributed by atoms with E-state index in [1.54, 1.807) is 0 Å². The zero-order valence-electron chi connectivity index (χ0n) is 11.0. The number of unbranched alkanes of at least 4 members (excludes halogenated alkanes) is 5. The molecule has 96 valence electrons. The topological polar surface area (TPSA) is 37.3 Å². The first-order valence-corrected chi connectivity index (χ1v) is 6.88. The highest BCUT2D eigenvalue weighted by atomic mass is 16.4. The maximum Gasteiger partial charge on any atom is 0.303 e. The van der Waals surface area contributed by atoms with Crippen LogP contribution in [0.5, 0.6) is 0 Å². The van der Waals surface area contributed by atoms with Crippen molar-refractivity contribution in [2.24, 2.45) is 5.92 Å². The molecule has 0 rings (SSSR count). The lowest BCUT2D eigenvalue weighted by molar-refractivity contribution is -0.137. The quantitative estimate of drug-likeness (QED) is 0.523. The highest BCUT2D eigenvalue weighted by Crippen LogP contribution is 2.17. The van der Waals surface area contributed by atoms with Crippen molar-refractivity contribution < 1.29 is 9.90 Å². The summed E-state index contributed by atoms with van der Waals surface area (Å²) in [6.45, 7) is 4.53. The van der Waals surface area contributed by atoms with Crippen molar-refractivity contribution in [1.82, 2.24) is 0 Å². The van der Waals surface area contributed by atoms with Crippen LogP contribution in [0, 0.1) is 5.92 Å². The molecule has 0 amide bonds. The Morgan fingerprint density at radius 3 is 2.12 bits per heavy atom. The van der Waals surface area contributed by atoms with Crippen LogP contribution in [-0.2, 0) is 4.79 Å². The minimum absolute atomic E-state index is 0.337. The number of carboxylic acids is 1. The van der Waals surface area contributed by atoms with Gasteiger partial charge in [-0.05, 0) is 12.3 Å². The van der Waals surface area contributed by atoms with E-state index in [1.807, 2.05) is 0 Å². The second-order valence-corrected chi connectivity index (χ2v) is 4.95. The lowest BCUT2D eigenvalue weighted by Gasteiger charge is -2.10. The Morgan fingerprint density at radius 2 is 1.56 bits per heavy atom.